The number of piperidine rings is 1. The highest BCUT2D eigenvalue weighted by atomic mass is 35.5. The largest absolute Gasteiger partial charge is 0.478 e. The van der Waals surface area contributed by atoms with Gasteiger partial charge in [0.15, 0.2) is 5.58 Å². The molecular weight excluding hydrogens is 467 g/mol. The van der Waals surface area contributed by atoms with Crippen molar-refractivity contribution in [3.8, 4) is 11.5 Å². The molecule has 1 aromatic heterocycles. The maximum atomic E-state index is 12.4. The van der Waals surface area contributed by atoms with Gasteiger partial charge in [-0.3, -0.25) is 0 Å². The van der Waals surface area contributed by atoms with Crippen LogP contribution >= 0.6 is 23.2 Å². The number of carboxylic acids is 1. The minimum absolute atomic E-state index is 0.0198. The maximum Gasteiger partial charge on any atom is 0.410 e. The van der Waals surface area contributed by atoms with Crippen LogP contribution in [0.4, 0.5) is 4.79 Å². The molecule has 4 rings (SSSR count). The van der Waals surface area contributed by atoms with Crippen molar-refractivity contribution >= 4 is 46.4 Å². The minimum Gasteiger partial charge on any atom is -0.478 e. The van der Waals surface area contributed by atoms with Gasteiger partial charge in [0.05, 0.1) is 5.56 Å². The molecule has 0 atom stereocenters. The van der Waals surface area contributed by atoms with E-state index in [0.29, 0.717) is 58.5 Å². The molecule has 1 amide bonds. The van der Waals surface area contributed by atoms with Gasteiger partial charge in [-0.05, 0) is 75.4 Å². The second-order valence-electron chi connectivity index (χ2n) is 9.14. The first-order chi connectivity index (χ1) is 15.5. The third-order valence-electron chi connectivity index (χ3n) is 5.47. The van der Waals surface area contributed by atoms with Gasteiger partial charge in [0.1, 0.15) is 11.1 Å². The number of likely N-dealkylation sites (tertiary alicyclic amines) is 1. The van der Waals surface area contributed by atoms with Crippen molar-refractivity contribution in [3.63, 3.8) is 0 Å². The topological polar surface area (TPSA) is 92.9 Å². The van der Waals surface area contributed by atoms with Crippen molar-refractivity contribution in [2.24, 2.45) is 0 Å². The van der Waals surface area contributed by atoms with Crippen LogP contribution in [0.25, 0.3) is 22.6 Å². The summed E-state index contributed by atoms with van der Waals surface area (Å²) in [7, 11) is 0. The molecule has 0 spiro atoms. The average Bonchev–Trinajstić information content (AvgIpc) is 3.15. The Labute approximate surface area is 201 Å². The quantitative estimate of drug-likeness (QED) is 0.443. The zero-order valence-electron chi connectivity index (χ0n) is 18.5. The van der Waals surface area contributed by atoms with Crippen molar-refractivity contribution in [1.29, 1.82) is 0 Å². The number of oxazole rings is 1. The van der Waals surface area contributed by atoms with Crippen LogP contribution in [0, 0.1) is 0 Å². The van der Waals surface area contributed by atoms with Crippen molar-refractivity contribution in [2.75, 3.05) is 13.1 Å². The highest BCUT2D eigenvalue weighted by Gasteiger charge is 2.30. The van der Waals surface area contributed by atoms with Crippen molar-refractivity contribution < 1.29 is 23.8 Å². The number of carboxylic acid groups (broad SMARTS) is 1. The highest BCUT2D eigenvalue weighted by molar-refractivity contribution is 6.35. The third-order valence-corrected chi connectivity index (χ3v) is 5.90. The van der Waals surface area contributed by atoms with E-state index >= 15 is 0 Å². The number of aromatic carboxylic acids is 1. The van der Waals surface area contributed by atoms with Crippen LogP contribution in [-0.2, 0) is 4.74 Å². The fourth-order valence-electron chi connectivity index (χ4n) is 3.99. The number of rotatable bonds is 3. The summed E-state index contributed by atoms with van der Waals surface area (Å²) in [4.78, 5) is 30.5. The standard InChI is InChI=1S/C24H24Cl2N2O5/c1-24(2,3)33-23(31)28-6-4-13(5-7-28)18-10-15(22(29)30)11-19-20(18)27-21(32-19)14-8-16(25)12-17(26)9-14/h8-13H,4-7H2,1-3H3,(H,29,30). The number of carbonyl (C=O) groups excluding carboxylic acids is 1. The Morgan fingerprint density at radius 1 is 1.09 bits per heavy atom. The smallest absolute Gasteiger partial charge is 0.410 e. The lowest BCUT2D eigenvalue weighted by Gasteiger charge is -2.33. The molecule has 33 heavy (non-hydrogen) atoms. The second-order valence-corrected chi connectivity index (χ2v) is 10.0. The zero-order valence-corrected chi connectivity index (χ0v) is 20.0. The Hall–Kier alpha value is -2.77. The number of hydrogen-bond donors (Lipinski definition) is 1. The van der Waals surface area contributed by atoms with E-state index in [4.69, 9.17) is 32.4 Å². The molecule has 1 aliphatic heterocycles. The first kappa shape index (κ1) is 23.4. The Balaban J connectivity index is 1.66. The molecule has 3 aromatic rings. The summed E-state index contributed by atoms with van der Waals surface area (Å²) in [6, 6.07) is 8.11. The number of halogens is 2. The summed E-state index contributed by atoms with van der Waals surface area (Å²) < 4.78 is 11.4. The molecule has 7 nitrogen and oxygen atoms in total. The van der Waals surface area contributed by atoms with Crippen LogP contribution in [0.15, 0.2) is 34.7 Å². The molecule has 0 radical (unpaired) electrons. The van der Waals surface area contributed by atoms with E-state index in [1.807, 2.05) is 20.8 Å². The molecule has 2 aromatic carbocycles. The average molecular weight is 491 g/mol. The fourth-order valence-corrected chi connectivity index (χ4v) is 4.52. The van der Waals surface area contributed by atoms with E-state index in [-0.39, 0.29) is 17.6 Å². The normalized spacial score (nSPS) is 15.1. The Morgan fingerprint density at radius 2 is 1.73 bits per heavy atom. The predicted molar refractivity (Wildman–Crippen MR) is 126 cm³/mol. The van der Waals surface area contributed by atoms with E-state index in [9.17, 15) is 14.7 Å². The van der Waals surface area contributed by atoms with Gasteiger partial charge in [0.25, 0.3) is 0 Å². The van der Waals surface area contributed by atoms with Crippen LogP contribution in [0.2, 0.25) is 10.0 Å². The number of ether oxygens (including phenoxy) is 1. The van der Waals surface area contributed by atoms with Crippen LogP contribution in [0.3, 0.4) is 0 Å². The predicted octanol–water partition coefficient (Wildman–Crippen LogP) is 6.61. The highest BCUT2D eigenvalue weighted by Crippen LogP contribution is 2.37. The van der Waals surface area contributed by atoms with Gasteiger partial charge < -0.3 is 19.2 Å². The number of aromatic nitrogens is 1. The molecule has 9 heteroatoms. The summed E-state index contributed by atoms with van der Waals surface area (Å²) in [6.07, 6.45) is 0.970. The zero-order chi connectivity index (χ0) is 23.9. The number of nitrogens with zero attached hydrogens (tertiary/aromatic N) is 2. The first-order valence-electron chi connectivity index (χ1n) is 10.6. The molecule has 2 heterocycles. The first-order valence-corrected chi connectivity index (χ1v) is 11.4. The van der Waals surface area contributed by atoms with Gasteiger partial charge in [0.2, 0.25) is 5.89 Å². The summed E-state index contributed by atoms with van der Waals surface area (Å²) >= 11 is 12.2. The summed E-state index contributed by atoms with van der Waals surface area (Å²) in [5.74, 6) is -0.719. The van der Waals surface area contributed by atoms with Crippen molar-refractivity contribution in [1.82, 2.24) is 9.88 Å². The monoisotopic (exact) mass is 490 g/mol. The molecule has 1 N–H and O–H groups in total. The lowest BCUT2D eigenvalue weighted by molar-refractivity contribution is 0.0205. The Kier molecular flexibility index (Phi) is 6.29. The lowest BCUT2D eigenvalue weighted by Crippen LogP contribution is -2.41. The molecular formula is C24H24Cl2N2O5. The van der Waals surface area contributed by atoms with Crippen molar-refractivity contribution in [2.45, 2.75) is 45.1 Å². The molecule has 1 fully saturated rings. The van der Waals surface area contributed by atoms with E-state index < -0.39 is 11.6 Å². The third kappa shape index (κ3) is 5.25. The Morgan fingerprint density at radius 3 is 2.30 bits per heavy atom. The number of hydrogen-bond acceptors (Lipinski definition) is 5. The number of fused-ring (bicyclic) bond motifs is 1. The van der Waals surface area contributed by atoms with Gasteiger partial charge in [-0.25, -0.2) is 14.6 Å². The van der Waals surface area contributed by atoms with Crippen molar-refractivity contribution in [3.05, 3.63) is 51.5 Å². The van der Waals surface area contributed by atoms with Crippen LogP contribution in [-0.4, -0.2) is 45.7 Å². The summed E-state index contributed by atoms with van der Waals surface area (Å²) in [5.41, 5.74) is 1.94. The second kappa shape index (κ2) is 8.88. The van der Waals surface area contributed by atoms with Crippen LogP contribution < -0.4 is 0 Å². The fraction of sp³-hybridized carbons (Fsp3) is 0.375. The van der Waals surface area contributed by atoms with Crippen LogP contribution in [0.5, 0.6) is 0 Å². The van der Waals surface area contributed by atoms with Gasteiger partial charge in [-0.1, -0.05) is 23.2 Å². The molecule has 0 unspecified atom stereocenters. The number of benzene rings is 2. The Bertz CT molecular complexity index is 1200. The SMILES string of the molecule is CC(C)(C)OC(=O)N1CCC(c2cc(C(=O)O)cc3oc(-c4cc(Cl)cc(Cl)c4)nc23)CC1. The van der Waals surface area contributed by atoms with E-state index in [1.54, 1.807) is 29.2 Å². The molecule has 0 saturated carbocycles. The van der Waals surface area contributed by atoms with Gasteiger partial charge in [-0.2, -0.15) is 0 Å². The van der Waals surface area contributed by atoms with Gasteiger partial charge in [-0.15, -0.1) is 0 Å². The molecule has 174 valence electrons. The number of amides is 1. The molecule has 1 saturated heterocycles. The molecule has 0 aliphatic carbocycles. The summed E-state index contributed by atoms with van der Waals surface area (Å²) in [5, 5.41) is 10.5. The van der Waals surface area contributed by atoms with Gasteiger partial charge >= 0.3 is 12.1 Å². The summed E-state index contributed by atoms with van der Waals surface area (Å²) in [6.45, 7) is 6.52. The molecule has 1 aliphatic rings. The lowest BCUT2D eigenvalue weighted by atomic mass is 9.88. The van der Waals surface area contributed by atoms with Gasteiger partial charge in [0, 0.05) is 28.7 Å². The van der Waals surface area contributed by atoms with E-state index in [0.717, 1.165) is 5.56 Å². The number of carbonyl (C=O) groups is 2. The minimum atomic E-state index is -1.05. The van der Waals surface area contributed by atoms with E-state index in [1.165, 1.54) is 6.07 Å². The van der Waals surface area contributed by atoms with Crippen LogP contribution in [0.1, 0.15) is 55.5 Å². The molecule has 0 bridgehead atoms. The van der Waals surface area contributed by atoms with E-state index in [2.05, 4.69) is 4.98 Å². The maximum absolute atomic E-state index is 12.4.